The first kappa shape index (κ1) is 18.7. The molecule has 0 saturated heterocycles. The molecule has 0 radical (unpaired) electrons. The maximum absolute atomic E-state index is 12.5. The summed E-state index contributed by atoms with van der Waals surface area (Å²) in [7, 11) is 0. The number of anilines is 1. The molecule has 0 aliphatic heterocycles. The maximum Gasteiger partial charge on any atom is 0.295 e. The van der Waals surface area contributed by atoms with E-state index in [1.807, 2.05) is 0 Å². The van der Waals surface area contributed by atoms with Gasteiger partial charge in [0.05, 0.1) is 4.92 Å². The molecule has 2 aromatic carbocycles. The first-order chi connectivity index (χ1) is 13.5. The number of nitrogens with zero attached hydrogens (tertiary/aromatic N) is 4. The molecule has 0 fully saturated rings. The third-order valence-electron chi connectivity index (χ3n) is 3.82. The molecular weight excluding hydrogens is 364 g/mol. The smallest absolute Gasteiger partial charge is 0.295 e. The van der Waals surface area contributed by atoms with Gasteiger partial charge in [-0.3, -0.25) is 19.7 Å². The van der Waals surface area contributed by atoms with Gasteiger partial charge in [0.25, 0.3) is 17.5 Å². The molecule has 2 amide bonds. The number of benzene rings is 2. The average molecular weight is 380 g/mol. The lowest BCUT2D eigenvalue weighted by Gasteiger charge is -2.09. The molecule has 2 N–H and O–H groups in total. The van der Waals surface area contributed by atoms with Crippen LogP contribution < -0.4 is 10.6 Å². The Kier molecular flexibility index (Phi) is 5.40. The molecule has 142 valence electrons. The van der Waals surface area contributed by atoms with Crippen LogP contribution in [0.25, 0.3) is 5.69 Å². The fourth-order valence-corrected chi connectivity index (χ4v) is 2.54. The minimum Gasteiger partial charge on any atom is -0.352 e. The van der Waals surface area contributed by atoms with E-state index in [0.717, 1.165) is 0 Å². The van der Waals surface area contributed by atoms with Crippen LogP contribution in [0.15, 0.2) is 55.1 Å². The topological polar surface area (TPSA) is 132 Å². The Hall–Kier alpha value is -4.08. The van der Waals surface area contributed by atoms with Gasteiger partial charge in [0.2, 0.25) is 0 Å². The predicted octanol–water partition coefficient (Wildman–Crippen LogP) is 2.18. The van der Waals surface area contributed by atoms with Crippen LogP contribution in [0.2, 0.25) is 0 Å². The highest BCUT2D eigenvalue weighted by atomic mass is 16.6. The monoisotopic (exact) mass is 380 g/mol. The molecule has 0 unspecified atom stereocenters. The van der Waals surface area contributed by atoms with Crippen molar-refractivity contribution < 1.29 is 14.5 Å². The molecule has 0 aliphatic rings. The van der Waals surface area contributed by atoms with E-state index in [1.54, 1.807) is 25.1 Å². The van der Waals surface area contributed by atoms with E-state index in [4.69, 9.17) is 0 Å². The number of nitro benzene ring substituents is 1. The van der Waals surface area contributed by atoms with Crippen LogP contribution >= 0.6 is 0 Å². The van der Waals surface area contributed by atoms with Gasteiger partial charge >= 0.3 is 0 Å². The summed E-state index contributed by atoms with van der Waals surface area (Å²) in [5.74, 6) is -0.798. The number of hydrogen-bond acceptors (Lipinski definition) is 6. The highest BCUT2D eigenvalue weighted by molar-refractivity contribution is 6.05. The second-order valence-electron chi connectivity index (χ2n) is 5.70. The molecular formula is C18H16N6O4. The van der Waals surface area contributed by atoms with Gasteiger partial charge in [0.15, 0.2) is 0 Å². The first-order valence-corrected chi connectivity index (χ1v) is 8.32. The molecule has 0 bridgehead atoms. The number of nitrogens with one attached hydrogen (secondary N) is 2. The Morgan fingerprint density at radius 3 is 2.61 bits per heavy atom. The number of hydrogen-bond donors (Lipinski definition) is 2. The van der Waals surface area contributed by atoms with Crippen molar-refractivity contribution in [3.8, 4) is 5.69 Å². The summed E-state index contributed by atoms with van der Waals surface area (Å²) in [5.41, 5.74) is 0.800. The fraction of sp³-hybridized carbons (Fsp3) is 0.111. The van der Waals surface area contributed by atoms with Crippen LogP contribution in [-0.2, 0) is 0 Å². The molecule has 3 aromatic rings. The molecule has 1 heterocycles. The van der Waals surface area contributed by atoms with Crippen LogP contribution in [0.4, 0.5) is 11.4 Å². The molecule has 10 heteroatoms. The van der Waals surface area contributed by atoms with Crippen molar-refractivity contribution in [2.45, 2.75) is 6.92 Å². The summed E-state index contributed by atoms with van der Waals surface area (Å²) >= 11 is 0. The highest BCUT2D eigenvalue weighted by Gasteiger charge is 2.19. The molecule has 1 aromatic heterocycles. The Bertz CT molecular complexity index is 1030. The summed E-state index contributed by atoms with van der Waals surface area (Å²) in [6, 6.07) is 10.5. The predicted molar refractivity (Wildman–Crippen MR) is 100 cm³/mol. The van der Waals surface area contributed by atoms with E-state index in [-0.39, 0.29) is 22.8 Å². The number of nitro groups is 1. The molecule has 28 heavy (non-hydrogen) atoms. The Balaban J connectivity index is 1.85. The molecule has 3 rings (SSSR count). The van der Waals surface area contributed by atoms with Gasteiger partial charge in [0, 0.05) is 29.4 Å². The second-order valence-corrected chi connectivity index (χ2v) is 5.70. The van der Waals surface area contributed by atoms with Gasteiger partial charge in [-0.15, -0.1) is 0 Å². The van der Waals surface area contributed by atoms with Crippen molar-refractivity contribution in [1.29, 1.82) is 0 Å². The quantitative estimate of drug-likeness (QED) is 0.497. The summed E-state index contributed by atoms with van der Waals surface area (Å²) in [5, 5.41) is 20.6. The van der Waals surface area contributed by atoms with E-state index >= 15 is 0 Å². The van der Waals surface area contributed by atoms with Crippen molar-refractivity contribution in [3.05, 3.63) is 76.4 Å². The maximum atomic E-state index is 12.5. The molecule has 0 saturated carbocycles. The van der Waals surface area contributed by atoms with Gasteiger partial charge in [-0.25, -0.2) is 9.67 Å². The summed E-state index contributed by atoms with van der Waals surface area (Å²) in [6.07, 6.45) is 2.58. The largest absolute Gasteiger partial charge is 0.352 e. The average Bonchev–Trinajstić information content (AvgIpc) is 3.22. The van der Waals surface area contributed by atoms with Crippen LogP contribution in [0.5, 0.6) is 0 Å². The number of rotatable bonds is 6. The lowest BCUT2D eigenvalue weighted by Crippen LogP contribution is -2.22. The van der Waals surface area contributed by atoms with Crippen LogP contribution in [0.3, 0.4) is 0 Å². The fourth-order valence-electron chi connectivity index (χ4n) is 2.54. The molecule has 0 atom stereocenters. The Morgan fingerprint density at radius 1 is 1.14 bits per heavy atom. The van der Waals surface area contributed by atoms with E-state index in [2.05, 4.69) is 20.7 Å². The van der Waals surface area contributed by atoms with Gasteiger partial charge in [-0.1, -0.05) is 6.07 Å². The molecule has 10 nitrogen and oxygen atoms in total. The lowest BCUT2D eigenvalue weighted by molar-refractivity contribution is -0.384. The number of carbonyl (C=O) groups is 2. The minimum absolute atomic E-state index is 0.0963. The van der Waals surface area contributed by atoms with E-state index in [1.165, 1.54) is 41.6 Å². The van der Waals surface area contributed by atoms with Crippen molar-refractivity contribution in [3.63, 3.8) is 0 Å². The standard InChI is InChI=1S/C18H16N6O4/c1-2-20-17(25)12-4-3-5-14(8-12)22-18(26)13-6-7-15(16(9-13)24(27)28)23-11-19-10-21-23/h3-11H,2H2,1H3,(H,20,25)(H,22,26). The van der Waals surface area contributed by atoms with Crippen molar-refractivity contribution in [1.82, 2.24) is 20.1 Å². The lowest BCUT2D eigenvalue weighted by atomic mass is 10.1. The van der Waals surface area contributed by atoms with Gasteiger partial charge in [-0.05, 0) is 37.3 Å². The zero-order chi connectivity index (χ0) is 20.1. The van der Waals surface area contributed by atoms with Crippen LogP contribution in [0.1, 0.15) is 27.6 Å². The van der Waals surface area contributed by atoms with Gasteiger partial charge in [-0.2, -0.15) is 5.10 Å². The summed E-state index contributed by atoms with van der Waals surface area (Å²) in [4.78, 5) is 39.0. The van der Waals surface area contributed by atoms with Crippen molar-refractivity contribution in [2.75, 3.05) is 11.9 Å². The number of amides is 2. The third kappa shape index (κ3) is 4.01. The van der Waals surface area contributed by atoms with E-state index < -0.39 is 10.8 Å². The molecule has 0 aliphatic carbocycles. The van der Waals surface area contributed by atoms with Crippen molar-refractivity contribution in [2.24, 2.45) is 0 Å². The zero-order valence-electron chi connectivity index (χ0n) is 14.8. The molecule has 0 spiro atoms. The third-order valence-corrected chi connectivity index (χ3v) is 3.82. The number of carbonyl (C=O) groups excluding carboxylic acids is 2. The van der Waals surface area contributed by atoms with E-state index in [9.17, 15) is 19.7 Å². The first-order valence-electron chi connectivity index (χ1n) is 8.32. The van der Waals surface area contributed by atoms with E-state index in [0.29, 0.717) is 17.8 Å². The number of aromatic nitrogens is 3. The SMILES string of the molecule is CCNC(=O)c1cccc(NC(=O)c2ccc(-n3cncn3)c([N+](=O)[O-])c2)c1. The highest BCUT2D eigenvalue weighted by Crippen LogP contribution is 2.24. The van der Waals surface area contributed by atoms with Crippen molar-refractivity contribution >= 4 is 23.2 Å². The van der Waals surface area contributed by atoms with Crippen LogP contribution in [0, 0.1) is 10.1 Å². The summed E-state index contributed by atoms with van der Waals surface area (Å²) < 4.78 is 1.25. The Labute approximate surface area is 159 Å². The Morgan fingerprint density at radius 2 is 1.93 bits per heavy atom. The summed E-state index contributed by atoms with van der Waals surface area (Å²) in [6.45, 7) is 2.29. The second kappa shape index (κ2) is 8.08. The van der Waals surface area contributed by atoms with Gasteiger partial charge in [0.1, 0.15) is 18.3 Å². The van der Waals surface area contributed by atoms with Crippen LogP contribution in [-0.4, -0.2) is 38.0 Å². The zero-order valence-corrected chi connectivity index (χ0v) is 14.8. The minimum atomic E-state index is -0.594. The van der Waals surface area contributed by atoms with Gasteiger partial charge < -0.3 is 10.6 Å². The normalized spacial score (nSPS) is 10.3.